The number of furan rings is 1. The van der Waals surface area contributed by atoms with Gasteiger partial charge in [0.1, 0.15) is 29.8 Å². The number of hydrogen-bond donors (Lipinski definition) is 0. The maximum absolute atomic E-state index is 15.3. The number of halogens is 2. The van der Waals surface area contributed by atoms with Crippen LogP contribution in [0.4, 0.5) is 8.78 Å². The van der Waals surface area contributed by atoms with Crippen LogP contribution >= 0.6 is 0 Å². The monoisotopic (exact) mass is 476 g/mol. The summed E-state index contributed by atoms with van der Waals surface area (Å²) in [6, 6.07) is 26.3. The molecule has 0 N–H and O–H groups in total. The van der Waals surface area contributed by atoms with E-state index in [9.17, 15) is 4.39 Å². The van der Waals surface area contributed by atoms with E-state index in [4.69, 9.17) is 4.42 Å². The molecule has 4 heteroatoms. The molecule has 0 fully saturated rings. The lowest BCUT2D eigenvalue weighted by molar-refractivity contribution is -0.660. The molecule has 0 saturated carbocycles. The van der Waals surface area contributed by atoms with Crippen LogP contribution in [0.1, 0.15) is 11.1 Å². The number of rotatable bonds is 3. The Hall–Kier alpha value is -4.31. The van der Waals surface area contributed by atoms with Gasteiger partial charge < -0.3 is 4.42 Å². The number of aryl methyl sites for hydroxylation is 3. The Labute approximate surface area is 208 Å². The zero-order valence-electron chi connectivity index (χ0n) is 20.3. The number of fused-ring (bicyclic) bond motifs is 3. The summed E-state index contributed by atoms with van der Waals surface area (Å²) in [6.45, 7) is 4.03. The zero-order valence-corrected chi connectivity index (χ0v) is 20.3. The van der Waals surface area contributed by atoms with Gasteiger partial charge >= 0.3 is 0 Å². The first-order chi connectivity index (χ1) is 17.4. The first kappa shape index (κ1) is 22.2. The van der Waals surface area contributed by atoms with Gasteiger partial charge in [-0.15, -0.1) is 0 Å². The Bertz CT molecular complexity index is 1760. The molecule has 0 bridgehead atoms. The van der Waals surface area contributed by atoms with Gasteiger partial charge in [0.15, 0.2) is 6.20 Å². The molecule has 2 heterocycles. The summed E-state index contributed by atoms with van der Waals surface area (Å²) in [7, 11) is 1.87. The van der Waals surface area contributed by atoms with Crippen molar-refractivity contribution < 1.29 is 17.8 Å². The van der Waals surface area contributed by atoms with Gasteiger partial charge in [-0.25, -0.2) is 13.3 Å². The van der Waals surface area contributed by atoms with E-state index in [0.717, 1.165) is 38.6 Å². The number of nitrogens with zero attached hydrogens (tertiary/aromatic N) is 1. The average Bonchev–Trinajstić information content (AvgIpc) is 3.24. The highest BCUT2D eigenvalue weighted by Crippen LogP contribution is 2.41. The van der Waals surface area contributed by atoms with E-state index in [1.807, 2.05) is 54.9 Å². The van der Waals surface area contributed by atoms with Crippen LogP contribution in [0, 0.1) is 25.5 Å². The highest BCUT2D eigenvalue weighted by Gasteiger charge is 2.23. The van der Waals surface area contributed by atoms with E-state index in [-0.39, 0.29) is 11.6 Å². The van der Waals surface area contributed by atoms with Gasteiger partial charge in [-0.1, -0.05) is 66.2 Å². The second-order valence-electron chi connectivity index (χ2n) is 9.32. The molecule has 36 heavy (non-hydrogen) atoms. The van der Waals surface area contributed by atoms with E-state index >= 15 is 4.39 Å². The van der Waals surface area contributed by atoms with Crippen molar-refractivity contribution in [3.8, 4) is 33.5 Å². The molecule has 2 nitrogen and oxygen atoms in total. The topological polar surface area (TPSA) is 17.0 Å². The van der Waals surface area contributed by atoms with E-state index in [1.165, 1.54) is 23.8 Å². The van der Waals surface area contributed by atoms with Gasteiger partial charge in [0, 0.05) is 22.9 Å². The largest absolute Gasteiger partial charge is 0.454 e. The number of aromatic nitrogens is 1. The Morgan fingerprint density at radius 2 is 1.22 bits per heavy atom. The first-order valence-electron chi connectivity index (χ1n) is 11.9. The minimum atomic E-state index is -0.348. The van der Waals surface area contributed by atoms with Crippen LogP contribution in [0.15, 0.2) is 95.5 Å². The Kier molecular flexibility index (Phi) is 5.18. The fraction of sp³-hybridized carbons (Fsp3) is 0.0938. The molecule has 4 aromatic carbocycles. The lowest BCUT2D eigenvalue weighted by Crippen LogP contribution is -2.30. The molecule has 0 amide bonds. The van der Waals surface area contributed by atoms with Crippen LogP contribution < -0.4 is 4.57 Å². The molecule has 0 radical (unpaired) electrons. The SMILES string of the molecule is Cc1ccc(-c2ccc(-c3c(F)ccc4c3oc3c(-c5cc(F)cc[n+]5C)c(C)ccc34)cc2)cc1. The second kappa shape index (κ2) is 8.42. The van der Waals surface area contributed by atoms with Gasteiger partial charge in [-0.3, -0.25) is 0 Å². The predicted molar refractivity (Wildman–Crippen MR) is 141 cm³/mol. The van der Waals surface area contributed by atoms with Crippen molar-refractivity contribution in [2.75, 3.05) is 0 Å². The molecular weight excluding hydrogens is 452 g/mol. The molecule has 6 rings (SSSR count). The number of hydrogen-bond acceptors (Lipinski definition) is 1. The molecule has 2 aromatic heterocycles. The fourth-order valence-corrected chi connectivity index (χ4v) is 4.93. The van der Waals surface area contributed by atoms with Gasteiger partial charge in [0.25, 0.3) is 0 Å². The van der Waals surface area contributed by atoms with Crippen LogP contribution in [-0.2, 0) is 7.05 Å². The van der Waals surface area contributed by atoms with Crippen LogP contribution in [0.5, 0.6) is 0 Å². The summed E-state index contributed by atoms with van der Waals surface area (Å²) in [5.74, 6) is -0.671. The van der Waals surface area contributed by atoms with Gasteiger partial charge in [-0.05, 0) is 48.2 Å². The van der Waals surface area contributed by atoms with Gasteiger partial charge in [0.05, 0.1) is 11.1 Å². The van der Waals surface area contributed by atoms with Crippen molar-refractivity contribution in [3.05, 3.63) is 114 Å². The lowest BCUT2D eigenvalue weighted by atomic mass is 9.97. The van der Waals surface area contributed by atoms with Gasteiger partial charge in [-0.2, -0.15) is 0 Å². The summed E-state index contributed by atoms with van der Waals surface area (Å²) in [5.41, 5.74) is 8.09. The lowest BCUT2D eigenvalue weighted by Gasteiger charge is -2.07. The standard InChI is InChI=1S/C32H24F2NO/c1-19-4-7-21(8-5-19)22-9-11-23(12-10-22)30-27(34)15-14-26-25-13-6-20(2)29(31(25)36-32(26)30)28-18-24(33)16-17-35(28)3/h4-18H,1-3H3/q+1. The normalized spacial score (nSPS) is 11.5. The minimum absolute atomic E-state index is 0.323. The third-order valence-corrected chi connectivity index (χ3v) is 6.89. The van der Waals surface area contributed by atoms with Crippen molar-refractivity contribution in [3.63, 3.8) is 0 Å². The molecule has 6 aromatic rings. The summed E-state index contributed by atoms with van der Waals surface area (Å²) >= 11 is 0. The Balaban J connectivity index is 1.56. The maximum atomic E-state index is 15.3. The third kappa shape index (κ3) is 3.57. The van der Waals surface area contributed by atoms with Crippen LogP contribution in [0.3, 0.4) is 0 Å². The van der Waals surface area contributed by atoms with Crippen molar-refractivity contribution in [1.29, 1.82) is 0 Å². The fourth-order valence-electron chi connectivity index (χ4n) is 4.93. The molecule has 0 aliphatic rings. The quantitative estimate of drug-likeness (QED) is 0.235. The molecule has 176 valence electrons. The highest BCUT2D eigenvalue weighted by molar-refractivity contribution is 6.13. The first-order valence-corrected chi connectivity index (χ1v) is 11.9. The van der Waals surface area contributed by atoms with E-state index in [0.29, 0.717) is 22.4 Å². The van der Waals surface area contributed by atoms with Crippen molar-refractivity contribution in [1.82, 2.24) is 0 Å². The highest BCUT2D eigenvalue weighted by atomic mass is 19.1. The van der Waals surface area contributed by atoms with Crippen LogP contribution in [-0.4, -0.2) is 0 Å². The molecule has 0 unspecified atom stereocenters. The van der Waals surface area contributed by atoms with Crippen molar-refractivity contribution in [2.24, 2.45) is 7.05 Å². The van der Waals surface area contributed by atoms with Crippen molar-refractivity contribution >= 4 is 21.9 Å². The summed E-state index contributed by atoms with van der Waals surface area (Å²) in [6.07, 6.45) is 1.69. The third-order valence-electron chi connectivity index (χ3n) is 6.89. The van der Waals surface area contributed by atoms with Crippen LogP contribution in [0.2, 0.25) is 0 Å². The summed E-state index contributed by atoms with van der Waals surface area (Å²) in [4.78, 5) is 0. The molecule has 0 spiro atoms. The molecule has 0 atom stereocenters. The van der Waals surface area contributed by atoms with E-state index < -0.39 is 0 Å². The smallest absolute Gasteiger partial charge is 0.219 e. The summed E-state index contributed by atoms with van der Waals surface area (Å²) < 4.78 is 37.8. The molecular formula is C32H24F2NO+. The van der Waals surface area contributed by atoms with E-state index in [2.05, 4.69) is 31.2 Å². The van der Waals surface area contributed by atoms with Crippen molar-refractivity contribution in [2.45, 2.75) is 13.8 Å². The maximum Gasteiger partial charge on any atom is 0.219 e. The van der Waals surface area contributed by atoms with Crippen LogP contribution in [0.25, 0.3) is 55.4 Å². The minimum Gasteiger partial charge on any atom is -0.454 e. The second-order valence-corrected chi connectivity index (χ2v) is 9.32. The number of benzene rings is 4. The molecule has 0 aliphatic heterocycles. The Morgan fingerprint density at radius 1 is 0.639 bits per heavy atom. The van der Waals surface area contributed by atoms with Gasteiger partial charge in [0.2, 0.25) is 5.69 Å². The molecule has 0 aliphatic carbocycles. The van der Waals surface area contributed by atoms with E-state index in [1.54, 1.807) is 12.3 Å². The average molecular weight is 477 g/mol. The molecule has 0 saturated heterocycles. The zero-order chi connectivity index (χ0) is 25.0. The Morgan fingerprint density at radius 3 is 1.92 bits per heavy atom. The predicted octanol–water partition coefficient (Wildman–Crippen LogP) is 8.31. The summed E-state index contributed by atoms with van der Waals surface area (Å²) in [5, 5.41) is 1.69. The number of pyridine rings is 1.